The van der Waals surface area contributed by atoms with E-state index in [0.717, 1.165) is 5.56 Å². The van der Waals surface area contributed by atoms with Gasteiger partial charge in [-0.2, -0.15) is 0 Å². The first kappa shape index (κ1) is 20.4. The van der Waals surface area contributed by atoms with Gasteiger partial charge in [-0.05, 0) is 48.4 Å². The number of halogens is 1. The van der Waals surface area contributed by atoms with Crippen molar-refractivity contribution in [3.63, 3.8) is 0 Å². The van der Waals surface area contributed by atoms with E-state index in [-0.39, 0.29) is 18.1 Å². The van der Waals surface area contributed by atoms with E-state index in [1.807, 2.05) is 0 Å². The summed E-state index contributed by atoms with van der Waals surface area (Å²) in [4.78, 5) is 12.1. The molecule has 146 valence electrons. The summed E-state index contributed by atoms with van der Waals surface area (Å²) >= 11 is 0. The van der Waals surface area contributed by atoms with Gasteiger partial charge in [0.2, 0.25) is 11.7 Å². The van der Waals surface area contributed by atoms with E-state index < -0.39 is 0 Å². The van der Waals surface area contributed by atoms with E-state index in [4.69, 9.17) is 18.9 Å². The van der Waals surface area contributed by atoms with Gasteiger partial charge in [-0.25, -0.2) is 4.39 Å². The maximum Gasteiger partial charge on any atom is 0.224 e. The molecule has 6 nitrogen and oxygen atoms in total. The number of nitrogens with one attached hydrogen (secondary N) is 1. The second-order valence-electron chi connectivity index (χ2n) is 5.72. The highest BCUT2D eigenvalue weighted by Crippen LogP contribution is 2.38. The zero-order valence-electron chi connectivity index (χ0n) is 15.7. The van der Waals surface area contributed by atoms with Crippen molar-refractivity contribution in [2.45, 2.75) is 12.8 Å². The number of benzene rings is 2. The smallest absolute Gasteiger partial charge is 0.224 e. The largest absolute Gasteiger partial charge is 0.494 e. The van der Waals surface area contributed by atoms with E-state index >= 15 is 0 Å². The van der Waals surface area contributed by atoms with Crippen molar-refractivity contribution in [2.75, 3.05) is 34.5 Å². The molecule has 0 aliphatic carbocycles. The lowest BCUT2D eigenvalue weighted by atomic mass is 10.1. The number of rotatable bonds is 10. The van der Waals surface area contributed by atoms with Crippen molar-refractivity contribution in [1.82, 2.24) is 5.32 Å². The number of amides is 1. The molecule has 0 heterocycles. The molecule has 27 heavy (non-hydrogen) atoms. The summed E-state index contributed by atoms with van der Waals surface area (Å²) in [5.74, 6) is 1.68. The third-order valence-electron chi connectivity index (χ3n) is 3.81. The van der Waals surface area contributed by atoms with Crippen LogP contribution in [0.3, 0.4) is 0 Å². The van der Waals surface area contributed by atoms with Gasteiger partial charge in [0.25, 0.3) is 0 Å². The number of hydrogen-bond acceptors (Lipinski definition) is 5. The standard InChI is InChI=1S/C20H24FNO5/c1-24-17-11-14(12-18(25-2)20(17)26-3)13-19(23)22-9-4-10-27-16-7-5-15(21)6-8-16/h5-8,11-12H,4,9-10,13H2,1-3H3,(H,22,23). The average Bonchev–Trinajstić information content (AvgIpc) is 2.68. The third kappa shape index (κ3) is 6.06. The summed E-state index contributed by atoms with van der Waals surface area (Å²) in [6.45, 7) is 0.903. The highest BCUT2D eigenvalue weighted by atomic mass is 19.1. The molecule has 7 heteroatoms. The minimum Gasteiger partial charge on any atom is -0.494 e. The Balaban J connectivity index is 1.79. The topological polar surface area (TPSA) is 66.0 Å². The minimum absolute atomic E-state index is 0.119. The Kier molecular flexibility index (Phi) is 7.73. The van der Waals surface area contributed by atoms with Gasteiger partial charge in [-0.3, -0.25) is 4.79 Å². The predicted octanol–water partition coefficient (Wildman–Crippen LogP) is 2.98. The lowest BCUT2D eigenvalue weighted by molar-refractivity contribution is -0.120. The first-order valence-electron chi connectivity index (χ1n) is 8.51. The quantitative estimate of drug-likeness (QED) is 0.645. The van der Waals surface area contributed by atoms with E-state index in [9.17, 15) is 9.18 Å². The Labute approximate surface area is 158 Å². The van der Waals surface area contributed by atoms with E-state index in [2.05, 4.69) is 5.32 Å². The Bertz CT molecular complexity index is 724. The van der Waals surface area contributed by atoms with Crippen molar-refractivity contribution in [3.05, 3.63) is 47.8 Å². The highest BCUT2D eigenvalue weighted by Gasteiger charge is 2.14. The van der Waals surface area contributed by atoms with Crippen molar-refractivity contribution < 1.29 is 28.1 Å². The van der Waals surface area contributed by atoms with Crippen LogP contribution in [-0.4, -0.2) is 40.4 Å². The Hall–Kier alpha value is -2.96. The van der Waals surface area contributed by atoms with Crippen molar-refractivity contribution in [2.24, 2.45) is 0 Å². The maximum absolute atomic E-state index is 12.8. The van der Waals surface area contributed by atoms with E-state index in [1.165, 1.54) is 33.5 Å². The third-order valence-corrected chi connectivity index (χ3v) is 3.81. The fourth-order valence-electron chi connectivity index (χ4n) is 2.51. The normalized spacial score (nSPS) is 10.2. The molecule has 0 bridgehead atoms. The Morgan fingerprint density at radius 3 is 2.19 bits per heavy atom. The monoisotopic (exact) mass is 377 g/mol. The molecule has 0 unspecified atom stereocenters. The molecule has 0 aliphatic rings. The van der Waals surface area contributed by atoms with Gasteiger partial charge in [0.1, 0.15) is 11.6 Å². The zero-order chi connectivity index (χ0) is 19.6. The number of carbonyl (C=O) groups is 1. The summed E-state index contributed by atoms with van der Waals surface area (Å²) in [5.41, 5.74) is 0.754. The van der Waals surface area contributed by atoms with Gasteiger partial charge < -0.3 is 24.3 Å². The number of methoxy groups -OCH3 is 3. The van der Waals surface area contributed by atoms with Crippen LogP contribution in [0, 0.1) is 5.82 Å². The molecule has 0 saturated carbocycles. The van der Waals surface area contributed by atoms with Crippen molar-refractivity contribution in [3.8, 4) is 23.0 Å². The first-order chi connectivity index (χ1) is 13.1. The molecule has 0 radical (unpaired) electrons. The van der Waals surface area contributed by atoms with Crippen molar-refractivity contribution >= 4 is 5.91 Å². The molecule has 0 spiro atoms. The molecule has 2 aromatic rings. The summed E-state index contributed by atoms with van der Waals surface area (Å²) in [7, 11) is 4.59. The molecule has 2 aromatic carbocycles. The van der Waals surface area contributed by atoms with Gasteiger partial charge in [0, 0.05) is 6.54 Å². The SMILES string of the molecule is COc1cc(CC(=O)NCCCOc2ccc(F)cc2)cc(OC)c1OC. The molecule has 0 atom stereocenters. The van der Waals surface area contributed by atoms with Gasteiger partial charge in [-0.1, -0.05) is 0 Å². The van der Waals surface area contributed by atoms with Crippen LogP contribution in [-0.2, 0) is 11.2 Å². The van der Waals surface area contributed by atoms with E-state index in [0.29, 0.717) is 42.6 Å². The second-order valence-corrected chi connectivity index (χ2v) is 5.72. The van der Waals surface area contributed by atoms with Crippen LogP contribution in [0.25, 0.3) is 0 Å². The van der Waals surface area contributed by atoms with Crippen LogP contribution in [0.1, 0.15) is 12.0 Å². The van der Waals surface area contributed by atoms with Crippen LogP contribution in [0.5, 0.6) is 23.0 Å². The van der Waals surface area contributed by atoms with Gasteiger partial charge in [-0.15, -0.1) is 0 Å². The summed E-state index contributed by atoms with van der Waals surface area (Å²) < 4.78 is 34.1. The molecule has 1 N–H and O–H groups in total. The maximum atomic E-state index is 12.8. The Morgan fingerprint density at radius 1 is 1.00 bits per heavy atom. The van der Waals surface area contributed by atoms with Gasteiger partial charge >= 0.3 is 0 Å². The first-order valence-corrected chi connectivity index (χ1v) is 8.51. The molecule has 1 amide bonds. The predicted molar refractivity (Wildman–Crippen MR) is 99.3 cm³/mol. The fraction of sp³-hybridized carbons (Fsp3) is 0.350. The lowest BCUT2D eigenvalue weighted by Crippen LogP contribution is -2.27. The molecule has 2 rings (SSSR count). The van der Waals surface area contributed by atoms with Crippen molar-refractivity contribution in [1.29, 1.82) is 0 Å². The molecular formula is C20H24FNO5. The van der Waals surface area contributed by atoms with Crippen LogP contribution in [0.15, 0.2) is 36.4 Å². The average molecular weight is 377 g/mol. The Morgan fingerprint density at radius 2 is 1.63 bits per heavy atom. The zero-order valence-corrected chi connectivity index (χ0v) is 15.7. The molecule has 0 fully saturated rings. The van der Waals surface area contributed by atoms with Crippen LogP contribution in [0.2, 0.25) is 0 Å². The highest BCUT2D eigenvalue weighted by molar-refractivity contribution is 5.79. The minimum atomic E-state index is -0.304. The lowest BCUT2D eigenvalue weighted by Gasteiger charge is -2.14. The second kappa shape index (κ2) is 10.3. The number of ether oxygens (including phenoxy) is 4. The fourth-order valence-corrected chi connectivity index (χ4v) is 2.51. The van der Waals surface area contributed by atoms with Crippen LogP contribution < -0.4 is 24.3 Å². The van der Waals surface area contributed by atoms with Crippen LogP contribution >= 0.6 is 0 Å². The summed E-state index contributed by atoms with van der Waals surface area (Å²) in [6.07, 6.45) is 0.827. The number of hydrogen-bond donors (Lipinski definition) is 1. The molecule has 0 saturated heterocycles. The van der Waals surface area contributed by atoms with Gasteiger partial charge in [0.05, 0.1) is 34.4 Å². The van der Waals surface area contributed by atoms with Gasteiger partial charge in [0.15, 0.2) is 11.5 Å². The molecule has 0 aliphatic heterocycles. The number of carbonyl (C=O) groups excluding carboxylic acids is 1. The summed E-state index contributed by atoms with van der Waals surface area (Å²) in [6, 6.07) is 9.32. The van der Waals surface area contributed by atoms with Crippen LogP contribution in [0.4, 0.5) is 4.39 Å². The molecule has 0 aromatic heterocycles. The molecular weight excluding hydrogens is 353 g/mol. The van der Waals surface area contributed by atoms with E-state index in [1.54, 1.807) is 24.3 Å². The summed E-state index contributed by atoms with van der Waals surface area (Å²) in [5, 5.41) is 2.84.